The lowest BCUT2D eigenvalue weighted by Crippen LogP contribution is -2.45. The number of methoxy groups -OCH3 is 1. The number of esters is 1. The summed E-state index contributed by atoms with van der Waals surface area (Å²) in [5, 5.41) is 1.40. The number of hydrogen-bond acceptors (Lipinski definition) is 10. The molecule has 0 aliphatic carbocycles. The highest BCUT2D eigenvalue weighted by atomic mass is 32.2. The van der Waals surface area contributed by atoms with Gasteiger partial charge in [-0.25, -0.2) is 16.8 Å². The molecule has 4 aromatic carbocycles. The summed E-state index contributed by atoms with van der Waals surface area (Å²) in [6, 6.07) is 29.4. The van der Waals surface area contributed by atoms with Crippen molar-refractivity contribution in [1.82, 2.24) is 18.6 Å². The van der Waals surface area contributed by atoms with E-state index in [1.807, 2.05) is 66.7 Å². The third-order valence-electron chi connectivity index (χ3n) is 10.7. The van der Waals surface area contributed by atoms with E-state index < -0.39 is 38.1 Å². The van der Waals surface area contributed by atoms with Crippen LogP contribution in [0.1, 0.15) is 40.7 Å². The zero-order valence-corrected chi connectivity index (χ0v) is 33.4. The van der Waals surface area contributed by atoms with E-state index in [2.05, 4.69) is 9.97 Å². The Kier molecular flexibility index (Phi) is 11.5. The summed E-state index contributed by atoms with van der Waals surface area (Å²) in [4.78, 5) is 21.6. The molecular formula is C44H42N4O8S2. The molecule has 8 rings (SSSR count). The van der Waals surface area contributed by atoms with Crippen LogP contribution in [0.5, 0.6) is 0 Å². The molecule has 2 unspecified atom stereocenters. The zero-order chi connectivity index (χ0) is 40.3. The van der Waals surface area contributed by atoms with Gasteiger partial charge >= 0.3 is 5.97 Å². The van der Waals surface area contributed by atoms with Crippen LogP contribution in [0.2, 0.25) is 0 Å². The fraction of sp³-hybridized carbons (Fsp3) is 0.250. The Morgan fingerprint density at radius 1 is 0.690 bits per heavy atom. The van der Waals surface area contributed by atoms with Gasteiger partial charge in [0, 0.05) is 36.3 Å². The van der Waals surface area contributed by atoms with Gasteiger partial charge in [-0.05, 0) is 58.5 Å². The minimum atomic E-state index is -4.22. The average molecular weight is 819 g/mol. The second kappa shape index (κ2) is 16.9. The monoisotopic (exact) mass is 818 g/mol. The highest BCUT2D eigenvalue weighted by Gasteiger charge is 2.37. The molecule has 2 aliphatic rings. The van der Waals surface area contributed by atoms with Crippen molar-refractivity contribution in [2.24, 2.45) is 0 Å². The normalized spacial score (nSPS) is 18.5. The van der Waals surface area contributed by atoms with Crippen LogP contribution in [0.4, 0.5) is 0 Å². The fourth-order valence-electron chi connectivity index (χ4n) is 7.63. The minimum absolute atomic E-state index is 0.0181. The molecular weight excluding hydrogens is 777 g/mol. The first-order chi connectivity index (χ1) is 28.1. The van der Waals surface area contributed by atoms with Crippen LogP contribution in [0, 0.1) is 0 Å². The maximum atomic E-state index is 14.6. The molecule has 0 amide bonds. The SMILES string of the molecule is COC(=O)CC1COCc2ccc(C=CCC3COCc4ccccc4CN3S(=O)(=O)c3cccc4cccnc34)cc2CN1S(=O)(=O)c1cccc2cccnc12. The Labute approximate surface area is 337 Å². The number of benzene rings is 4. The number of ether oxygens (including phenoxy) is 3. The van der Waals surface area contributed by atoms with E-state index in [1.165, 1.54) is 21.8 Å². The van der Waals surface area contributed by atoms with Crippen molar-refractivity contribution in [3.63, 3.8) is 0 Å². The molecule has 58 heavy (non-hydrogen) atoms. The second-order valence-electron chi connectivity index (χ2n) is 14.3. The van der Waals surface area contributed by atoms with Gasteiger partial charge < -0.3 is 14.2 Å². The average Bonchev–Trinajstić information content (AvgIpc) is 3.22. The first kappa shape index (κ1) is 39.5. The summed E-state index contributed by atoms with van der Waals surface area (Å²) in [7, 11) is -7.01. The number of carbonyl (C=O) groups is 1. The van der Waals surface area contributed by atoms with Gasteiger partial charge in [0.15, 0.2) is 0 Å². The summed E-state index contributed by atoms with van der Waals surface area (Å²) in [6.07, 6.45) is 7.09. The fourth-order valence-corrected chi connectivity index (χ4v) is 11.1. The van der Waals surface area contributed by atoms with Crippen LogP contribution in [-0.4, -0.2) is 73.8 Å². The molecule has 0 radical (unpaired) electrons. The summed E-state index contributed by atoms with van der Waals surface area (Å²) in [6.45, 7) is 0.848. The van der Waals surface area contributed by atoms with Crippen LogP contribution in [0.15, 0.2) is 131 Å². The van der Waals surface area contributed by atoms with Gasteiger partial charge in [0.2, 0.25) is 20.0 Å². The number of aromatic nitrogens is 2. The predicted octanol–water partition coefficient (Wildman–Crippen LogP) is 6.63. The van der Waals surface area contributed by atoms with E-state index in [0.29, 0.717) is 35.0 Å². The summed E-state index contributed by atoms with van der Waals surface area (Å²) in [5.41, 5.74) is 4.81. The van der Waals surface area contributed by atoms with Crippen molar-refractivity contribution in [3.8, 4) is 0 Å². The van der Waals surface area contributed by atoms with Gasteiger partial charge in [0.25, 0.3) is 0 Å². The number of fused-ring (bicyclic) bond motifs is 4. The van der Waals surface area contributed by atoms with Gasteiger partial charge in [-0.3, -0.25) is 14.8 Å². The maximum absolute atomic E-state index is 14.6. The second-order valence-corrected chi connectivity index (χ2v) is 18.0. The molecule has 2 aromatic heterocycles. The van der Waals surface area contributed by atoms with Crippen molar-refractivity contribution >= 4 is 53.9 Å². The van der Waals surface area contributed by atoms with Gasteiger partial charge in [-0.1, -0.05) is 91.0 Å². The Bertz CT molecular complexity index is 2730. The van der Waals surface area contributed by atoms with E-state index in [-0.39, 0.29) is 49.1 Å². The quantitative estimate of drug-likeness (QED) is 0.146. The summed E-state index contributed by atoms with van der Waals surface area (Å²) < 4.78 is 78.5. The van der Waals surface area contributed by atoms with Crippen LogP contribution in [0.3, 0.4) is 0 Å². The number of nitrogens with zero attached hydrogens (tertiary/aromatic N) is 4. The van der Waals surface area contributed by atoms with Gasteiger partial charge in [0.05, 0.1) is 63.1 Å². The molecule has 0 saturated carbocycles. The summed E-state index contributed by atoms with van der Waals surface area (Å²) in [5.74, 6) is -0.559. The lowest BCUT2D eigenvalue weighted by molar-refractivity contribution is -0.142. The Morgan fingerprint density at radius 2 is 1.24 bits per heavy atom. The number of para-hydroxylation sites is 2. The molecule has 6 aromatic rings. The highest BCUT2D eigenvalue weighted by molar-refractivity contribution is 7.89. The van der Waals surface area contributed by atoms with Crippen LogP contribution < -0.4 is 0 Å². The molecule has 2 aliphatic heterocycles. The van der Waals surface area contributed by atoms with Crippen molar-refractivity contribution in [2.45, 2.75) is 61.0 Å². The van der Waals surface area contributed by atoms with Crippen molar-refractivity contribution in [2.75, 3.05) is 20.3 Å². The lowest BCUT2D eigenvalue weighted by Gasteiger charge is -2.33. The molecule has 298 valence electrons. The molecule has 0 N–H and O–H groups in total. The topological polar surface area (TPSA) is 145 Å². The third-order valence-corrected chi connectivity index (χ3v) is 14.5. The zero-order valence-electron chi connectivity index (χ0n) is 31.8. The molecule has 0 saturated heterocycles. The smallest absolute Gasteiger partial charge is 0.307 e. The van der Waals surface area contributed by atoms with Crippen molar-refractivity contribution in [3.05, 3.63) is 149 Å². The number of pyridine rings is 2. The standard InChI is InChI=1S/C44H42N4O8S2/c1-54-42(49)24-39-30-56-28-36-20-19-31(23-37(36)26-48(39)58(52,53)41-18-6-13-33-15-8-22-46-44(33)41)9-4-16-38-29-55-27-35-11-3-2-10-34(35)25-47(38)57(50,51)40-17-5-12-32-14-7-21-45-43(32)40/h2-15,17-23,38-39H,16,24-30H2,1H3. The van der Waals surface area contributed by atoms with Crippen molar-refractivity contribution in [1.29, 1.82) is 0 Å². The summed E-state index contributed by atoms with van der Waals surface area (Å²) >= 11 is 0. The molecule has 0 bridgehead atoms. The van der Waals surface area contributed by atoms with Gasteiger partial charge in [-0.2, -0.15) is 8.61 Å². The largest absolute Gasteiger partial charge is 0.469 e. The molecule has 0 spiro atoms. The lowest BCUT2D eigenvalue weighted by atomic mass is 10.0. The van der Waals surface area contributed by atoms with E-state index >= 15 is 0 Å². The van der Waals surface area contributed by atoms with Crippen LogP contribution >= 0.6 is 0 Å². The Hall–Kier alpha value is -5.35. The first-order valence-corrected chi connectivity index (χ1v) is 21.8. The van der Waals surface area contributed by atoms with Crippen molar-refractivity contribution < 1.29 is 35.8 Å². The maximum Gasteiger partial charge on any atom is 0.307 e. The highest BCUT2D eigenvalue weighted by Crippen LogP contribution is 2.33. The molecule has 12 nitrogen and oxygen atoms in total. The molecule has 0 fully saturated rings. The number of sulfonamides is 2. The number of hydrogen-bond donors (Lipinski definition) is 0. The van der Waals surface area contributed by atoms with Crippen LogP contribution in [0.25, 0.3) is 27.9 Å². The van der Waals surface area contributed by atoms with Crippen LogP contribution in [-0.2, 0) is 65.4 Å². The predicted molar refractivity (Wildman–Crippen MR) is 219 cm³/mol. The number of carbonyl (C=O) groups excluding carboxylic acids is 1. The molecule has 14 heteroatoms. The minimum Gasteiger partial charge on any atom is -0.469 e. The third kappa shape index (κ3) is 8.04. The first-order valence-electron chi connectivity index (χ1n) is 18.9. The van der Waals surface area contributed by atoms with E-state index in [9.17, 15) is 21.6 Å². The van der Waals surface area contributed by atoms with Gasteiger partial charge in [0.1, 0.15) is 9.79 Å². The molecule has 4 heterocycles. The van der Waals surface area contributed by atoms with E-state index in [0.717, 1.165) is 27.6 Å². The number of rotatable bonds is 9. The van der Waals surface area contributed by atoms with E-state index in [1.54, 1.807) is 54.9 Å². The van der Waals surface area contributed by atoms with Gasteiger partial charge in [-0.15, -0.1) is 0 Å². The Balaban J connectivity index is 1.11. The van der Waals surface area contributed by atoms with E-state index in [4.69, 9.17) is 14.2 Å². The Morgan fingerprint density at radius 3 is 1.88 bits per heavy atom. The molecule has 2 atom stereocenters.